The largest absolute Gasteiger partial charge is 0.489 e. The summed E-state index contributed by atoms with van der Waals surface area (Å²) in [7, 11) is 0. The van der Waals surface area contributed by atoms with E-state index < -0.39 is 0 Å². The highest BCUT2D eigenvalue weighted by Crippen LogP contribution is 2.28. The van der Waals surface area contributed by atoms with E-state index in [1.807, 2.05) is 91.9 Å². The number of hydrogen-bond acceptors (Lipinski definition) is 4. The molecule has 1 N–H and O–H groups in total. The Kier molecular flexibility index (Phi) is 5.68. The quantitative estimate of drug-likeness (QED) is 0.435. The number of benzene rings is 3. The molecule has 144 valence electrons. The van der Waals surface area contributed by atoms with Crippen LogP contribution in [0.4, 0.5) is 5.69 Å². The highest BCUT2D eigenvalue weighted by molar-refractivity contribution is 7.17. The van der Waals surface area contributed by atoms with Crippen molar-refractivity contribution < 1.29 is 9.53 Å². The third-order valence-corrected chi connectivity index (χ3v) is 5.59. The van der Waals surface area contributed by atoms with Crippen molar-refractivity contribution in [2.75, 3.05) is 5.32 Å². The van der Waals surface area contributed by atoms with Gasteiger partial charge in [-0.1, -0.05) is 60.7 Å². The molecule has 0 unspecified atom stereocenters. The number of ether oxygens (including phenoxy) is 1. The van der Waals surface area contributed by atoms with E-state index in [1.54, 1.807) is 0 Å². The minimum absolute atomic E-state index is 0.153. The lowest BCUT2D eigenvalue weighted by molar-refractivity contribution is 0.103. The first kappa shape index (κ1) is 18.9. The van der Waals surface area contributed by atoms with Crippen LogP contribution in [0.3, 0.4) is 0 Å². The van der Waals surface area contributed by atoms with E-state index >= 15 is 0 Å². The van der Waals surface area contributed by atoms with Crippen LogP contribution in [-0.2, 0) is 6.61 Å². The Labute approximate surface area is 173 Å². The molecular weight excluding hydrogens is 380 g/mol. The number of amides is 1. The minimum atomic E-state index is -0.153. The molecule has 1 aromatic heterocycles. The molecule has 4 nitrogen and oxygen atoms in total. The van der Waals surface area contributed by atoms with Crippen molar-refractivity contribution in [3.8, 4) is 16.3 Å². The number of nitrogens with one attached hydrogen (secondary N) is 1. The van der Waals surface area contributed by atoms with E-state index in [1.165, 1.54) is 11.3 Å². The van der Waals surface area contributed by atoms with Crippen LogP contribution >= 0.6 is 11.3 Å². The molecule has 4 rings (SSSR count). The highest BCUT2D eigenvalue weighted by atomic mass is 32.1. The summed E-state index contributed by atoms with van der Waals surface area (Å²) in [6, 6.07) is 27.3. The molecule has 0 aliphatic carbocycles. The Balaban J connectivity index is 1.40. The van der Waals surface area contributed by atoms with Crippen molar-refractivity contribution in [1.29, 1.82) is 0 Å². The van der Waals surface area contributed by atoms with Crippen LogP contribution in [0.5, 0.6) is 5.75 Å². The molecule has 0 saturated carbocycles. The van der Waals surface area contributed by atoms with Crippen molar-refractivity contribution in [3.63, 3.8) is 0 Å². The number of rotatable bonds is 6. The zero-order valence-corrected chi connectivity index (χ0v) is 16.8. The summed E-state index contributed by atoms with van der Waals surface area (Å²) >= 11 is 1.40. The predicted octanol–water partition coefficient (Wildman–Crippen LogP) is 5.95. The average molecular weight is 401 g/mol. The SMILES string of the molecule is Cc1nc(-c2ccccc2)sc1C(=O)Nc1ccc(OCc2ccccc2)cc1. The molecule has 1 amide bonds. The number of thiazole rings is 1. The van der Waals surface area contributed by atoms with Gasteiger partial charge < -0.3 is 10.1 Å². The van der Waals surface area contributed by atoms with Gasteiger partial charge in [0.15, 0.2) is 0 Å². The van der Waals surface area contributed by atoms with Gasteiger partial charge in [0.25, 0.3) is 5.91 Å². The highest BCUT2D eigenvalue weighted by Gasteiger charge is 2.16. The Bertz CT molecular complexity index is 1090. The number of carbonyl (C=O) groups excluding carboxylic acids is 1. The van der Waals surface area contributed by atoms with Crippen molar-refractivity contribution >= 4 is 22.9 Å². The summed E-state index contributed by atoms with van der Waals surface area (Å²) in [4.78, 5) is 17.9. The molecular formula is C24H20N2O2S. The molecule has 4 aromatic rings. The van der Waals surface area contributed by atoms with E-state index in [0.717, 1.165) is 33.3 Å². The first-order valence-electron chi connectivity index (χ1n) is 9.30. The molecule has 0 aliphatic heterocycles. The number of anilines is 1. The summed E-state index contributed by atoms with van der Waals surface area (Å²) in [5.41, 5.74) is 3.57. The third-order valence-electron chi connectivity index (χ3n) is 4.38. The second-order valence-electron chi connectivity index (χ2n) is 6.55. The molecule has 0 atom stereocenters. The molecule has 5 heteroatoms. The monoisotopic (exact) mass is 400 g/mol. The smallest absolute Gasteiger partial charge is 0.267 e. The second-order valence-corrected chi connectivity index (χ2v) is 7.55. The summed E-state index contributed by atoms with van der Waals surface area (Å²) in [5, 5.41) is 3.79. The average Bonchev–Trinajstić information content (AvgIpc) is 3.16. The number of carbonyl (C=O) groups is 1. The van der Waals surface area contributed by atoms with E-state index in [4.69, 9.17) is 4.74 Å². The molecule has 29 heavy (non-hydrogen) atoms. The van der Waals surface area contributed by atoms with Crippen LogP contribution in [0.25, 0.3) is 10.6 Å². The number of aromatic nitrogens is 1. The lowest BCUT2D eigenvalue weighted by Crippen LogP contribution is -2.11. The van der Waals surface area contributed by atoms with Crippen molar-refractivity contribution in [2.45, 2.75) is 13.5 Å². The molecule has 0 fully saturated rings. The maximum atomic E-state index is 12.7. The Morgan fingerprint density at radius 2 is 1.59 bits per heavy atom. The van der Waals surface area contributed by atoms with Crippen LogP contribution in [0.1, 0.15) is 20.9 Å². The van der Waals surface area contributed by atoms with Crippen LogP contribution in [-0.4, -0.2) is 10.9 Å². The van der Waals surface area contributed by atoms with Crippen LogP contribution in [0.2, 0.25) is 0 Å². The number of aryl methyl sites for hydroxylation is 1. The zero-order valence-electron chi connectivity index (χ0n) is 16.0. The third kappa shape index (κ3) is 4.70. The first-order chi connectivity index (χ1) is 14.2. The summed E-state index contributed by atoms with van der Waals surface area (Å²) in [6.45, 7) is 2.37. The van der Waals surface area contributed by atoms with Gasteiger partial charge in [-0.05, 0) is 36.8 Å². The fourth-order valence-electron chi connectivity index (χ4n) is 2.87. The standard InChI is InChI=1S/C24H20N2O2S/c1-17-22(29-24(25-17)19-10-6-3-7-11-19)23(27)26-20-12-14-21(15-13-20)28-16-18-8-4-2-5-9-18/h2-15H,16H2,1H3,(H,26,27). The van der Waals surface area contributed by atoms with Crippen molar-refractivity contribution in [2.24, 2.45) is 0 Å². The molecule has 0 radical (unpaired) electrons. The first-order valence-corrected chi connectivity index (χ1v) is 10.1. The van der Waals surface area contributed by atoms with Gasteiger partial charge in [0.1, 0.15) is 22.2 Å². The molecule has 1 heterocycles. The minimum Gasteiger partial charge on any atom is -0.489 e. The summed E-state index contributed by atoms with van der Waals surface area (Å²) in [5.74, 6) is 0.604. The maximum Gasteiger partial charge on any atom is 0.267 e. The Hall–Kier alpha value is -3.44. The van der Waals surface area contributed by atoms with E-state index in [-0.39, 0.29) is 5.91 Å². The van der Waals surface area contributed by atoms with Crippen LogP contribution in [0, 0.1) is 6.92 Å². The van der Waals surface area contributed by atoms with Gasteiger partial charge in [-0.2, -0.15) is 0 Å². The zero-order chi connectivity index (χ0) is 20.1. The van der Waals surface area contributed by atoms with Gasteiger partial charge in [0.2, 0.25) is 0 Å². The maximum absolute atomic E-state index is 12.7. The Morgan fingerprint density at radius 1 is 0.931 bits per heavy atom. The topological polar surface area (TPSA) is 51.2 Å². The normalized spacial score (nSPS) is 10.5. The molecule has 0 bridgehead atoms. The van der Waals surface area contributed by atoms with Crippen LogP contribution < -0.4 is 10.1 Å². The predicted molar refractivity (Wildman–Crippen MR) is 117 cm³/mol. The Morgan fingerprint density at radius 3 is 2.28 bits per heavy atom. The lowest BCUT2D eigenvalue weighted by Gasteiger charge is -2.08. The summed E-state index contributed by atoms with van der Waals surface area (Å²) < 4.78 is 5.79. The summed E-state index contributed by atoms with van der Waals surface area (Å²) in [6.07, 6.45) is 0. The van der Waals surface area contributed by atoms with Gasteiger partial charge in [0, 0.05) is 11.3 Å². The van der Waals surface area contributed by atoms with Gasteiger partial charge in [0.05, 0.1) is 5.69 Å². The van der Waals surface area contributed by atoms with E-state index in [2.05, 4.69) is 10.3 Å². The van der Waals surface area contributed by atoms with Gasteiger partial charge >= 0.3 is 0 Å². The van der Waals surface area contributed by atoms with Crippen molar-refractivity contribution in [3.05, 3.63) is 101 Å². The van der Waals surface area contributed by atoms with E-state index in [9.17, 15) is 4.79 Å². The lowest BCUT2D eigenvalue weighted by atomic mass is 10.2. The van der Waals surface area contributed by atoms with E-state index in [0.29, 0.717) is 11.5 Å². The molecule has 0 saturated heterocycles. The fraction of sp³-hybridized carbons (Fsp3) is 0.0833. The van der Waals surface area contributed by atoms with Gasteiger partial charge in [-0.15, -0.1) is 11.3 Å². The van der Waals surface area contributed by atoms with Gasteiger partial charge in [-0.25, -0.2) is 4.98 Å². The molecule has 0 spiro atoms. The van der Waals surface area contributed by atoms with Crippen LogP contribution in [0.15, 0.2) is 84.9 Å². The molecule has 3 aromatic carbocycles. The second kappa shape index (κ2) is 8.71. The number of nitrogens with zero attached hydrogens (tertiary/aromatic N) is 1. The van der Waals surface area contributed by atoms with Gasteiger partial charge in [-0.3, -0.25) is 4.79 Å². The molecule has 0 aliphatic rings. The fourth-order valence-corrected chi connectivity index (χ4v) is 3.84. The van der Waals surface area contributed by atoms with Crippen molar-refractivity contribution in [1.82, 2.24) is 4.98 Å². The number of hydrogen-bond donors (Lipinski definition) is 1.